The van der Waals surface area contributed by atoms with Crippen LogP contribution in [-0.2, 0) is 6.54 Å². The first kappa shape index (κ1) is 16.9. The number of hydrogen-bond donors (Lipinski definition) is 1. The summed E-state index contributed by atoms with van der Waals surface area (Å²) >= 11 is 17.3. The van der Waals surface area contributed by atoms with Crippen LogP contribution in [0.2, 0.25) is 10.0 Å². The topological polar surface area (TPSA) is 24.5 Å². The molecule has 0 unspecified atom stereocenters. The van der Waals surface area contributed by atoms with E-state index in [4.69, 9.17) is 40.2 Å². The van der Waals surface area contributed by atoms with Crippen LogP contribution in [0.5, 0.6) is 5.75 Å². The Bertz CT molecular complexity index is 662. The maximum absolute atomic E-state index is 6.05. The van der Waals surface area contributed by atoms with Crippen LogP contribution >= 0.6 is 35.4 Å². The molecule has 0 radical (unpaired) electrons. The fourth-order valence-electron chi connectivity index (χ4n) is 1.95. The molecule has 22 heavy (non-hydrogen) atoms. The van der Waals surface area contributed by atoms with Crippen molar-refractivity contribution in [1.82, 2.24) is 4.90 Å². The molecule has 3 nitrogen and oxygen atoms in total. The highest BCUT2D eigenvalue weighted by Gasteiger charge is 2.10. The number of hydrogen-bond acceptors (Lipinski definition) is 2. The molecule has 0 fully saturated rings. The van der Waals surface area contributed by atoms with Gasteiger partial charge in [0.1, 0.15) is 5.75 Å². The van der Waals surface area contributed by atoms with Gasteiger partial charge in [0, 0.05) is 34.9 Å². The van der Waals surface area contributed by atoms with Crippen molar-refractivity contribution in [2.75, 3.05) is 19.5 Å². The monoisotopic (exact) mass is 354 g/mol. The minimum atomic E-state index is 0.586. The molecule has 0 aliphatic rings. The van der Waals surface area contributed by atoms with Crippen LogP contribution in [0.3, 0.4) is 0 Å². The predicted octanol–water partition coefficient (Wildman–Crippen LogP) is 4.83. The molecule has 2 rings (SSSR count). The molecule has 0 spiro atoms. The molecular formula is C16H16Cl2N2OS. The van der Waals surface area contributed by atoms with Crippen LogP contribution in [-0.4, -0.2) is 24.2 Å². The van der Waals surface area contributed by atoms with Crippen LogP contribution in [0, 0.1) is 0 Å². The minimum Gasteiger partial charge on any atom is -0.496 e. The second kappa shape index (κ2) is 7.68. The fraction of sp³-hybridized carbons (Fsp3) is 0.188. The third-order valence-corrected chi connectivity index (χ3v) is 3.99. The molecule has 0 saturated heterocycles. The third kappa shape index (κ3) is 4.50. The molecule has 0 saturated carbocycles. The lowest BCUT2D eigenvalue weighted by molar-refractivity contribution is 0.399. The Labute approximate surface area is 145 Å². The Balaban J connectivity index is 2.05. The van der Waals surface area contributed by atoms with Crippen LogP contribution in [0.4, 0.5) is 5.69 Å². The Kier molecular flexibility index (Phi) is 5.89. The van der Waals surface area contributed by atoms with Gasteiger partial charge in [0.25, 0.3) is 0 Å². The second-order valence-electron chi connectivity index (χ2n) is 4.75. The highest BCUT2D eigenvalue weighted by Crippen LogP contribution is 2.24. The average Bonchev–Trinajstić information content (AvgIpc) is 2.49. The Hall–Kier alpha value is -1.49. The molecule has 2 aromatic rings. The average molecular weight is 355 g/mol. The molecule has 0 aliphatic carbocycles. The van der Waals surface area contributed by atoms with E-state index in [1.54, 1.807) is 13.2 Å². The van der Waals surface area contributed by atoms with E-state index < -0.39 is 0 Å². The fourth-order valence-corrected chi connectivity index (χ4v) is 2.45. The van der Waals surface area contributed by atoms with E-state index in [9.17, 15) is 0 Å². The Morgan fingerprint density at radius 3 is 2.41 bits per heavy atom. The number of thiocarbonyl (C=S) groups is 1. The molecule has 0 amide bonds. The molecule has 0 aliphatic heterocycles. The number of ether oxygens (including phenoxy) is 1. The zero-order chi connectivity index (χ0) is 16.1. The van der Waals surface area contributed by atoms with Crippen LogP contribution < -0.4 is 10.1 Å². The van der Waals surface area contributed by atoms with Gasteiger partial charge in [-0.3, -0.25) is 0 Å². The van der Waals surface area contributed by atoms with Crippen LogP contribution in [0.25, 0.3) is 0 Å². The summed E-state index contributed by atoms with van der Waals surface area (Å²) in [5.41, 5.74) is 1.86. The van der Waals surface area contributed by atoms with Gasteiger partial charge >= 0.3 is 0 Å². The normalized spacial score (nSPS) is 10.2. The predicted molar refractivity (Wildman–Crippen MR) is 97.1 cm³/mol. The van der Waals surface area contributed by atoms with E-state index in [0.29, 0.717) is 21.7 Å². The van der Waals surface area contributed by atoms with E-state index >= 15 is 0 Å². The Morgan fingerprint density at radius 1 is 1.14 bits per heavy atom. The zero-order valence-corrected chi connectivity index (χ0v) is 14.6. The van der Waals surface area contributed by atoms with Crippen molar-refractivity contribution in [2.45, 2.75) is 6.54 Å². The summed E-state index contributed by atoms with van der Waals surface area (Å²) in [4.78, 5) is 1.91. The smallest absolute Gasteiger partial charge is 0.173 e. The van der Waals surface area contributed by atoms with Gasteiger partial charge in [-0.25, -0.2) is 0 Å². The molecule has 1 N–H and O–H groups in total. The van der Waals surface area contributed by atoms with E-state index in [-0.39, 0.29) is 0 Å². The molecule has 0 atom stereocenters. The maximum Gasteiger partial charge on any atom is 0.173 e. The zero-order valence-electron chi connectivity index (χ0n) is 12.3. The summed E-state index contributed by atoms with van der Waals surface area (Å²) in [7, 11) is 3.54. The van der Waals surface area contributed by atoms with E-state index in [0.717, 1.165) is 17.0 Å². The first-order chi connectivity index (χ1) is 10.5. The molecule has 6 heteroatoms. The van der Waals surface area contributed by atoms with Crippen LogP contribution in [0.15, 0.2) is 42.5 Å². The number of rotatable bonds is 4. The quantitative estimate of drug-likeness (QED) is 0.794. The van der Waals surface area contributed by atoms with Crippen molar-refractivity contribution in [3.05, 3.63) is 58.1 Å². The summed E-state index contributed by atoms with van der Waals surface area (Å²) in [5, 5.41) is 5.12. The lowest BCUT2D eigenvalue weighted by atomic mass is 10.2. The molecule has 0 aromatic heterocycles. The summed E-state index contributed by atoms with van der Waals surface area (Å²) in [5.74, 6) is 0.783. The summed E-state index contributed by atoms with van der Waals surface area (Å²) in [6, 6.07) is 12.9. The first-order valence-corrected chi connectivity index (χ1v) is 7.76. The lowest BCUT2D eigenvalue weighted by Crippen LogP contribution is -2.30. The standard InChI is InChI=1S/C16H16Cl2N2OS/c1-20(10-11-9-13(18)5-8-15(11)21-2)16(22)19-14-6-3-12(17)4-7-14/h3-9H,10H2,1-2H3,(H,19,22). The van der Waals surface area contributed by atoms with Gasteiger partial charge in [-0.1, -0.05) is 23.2 Å². The molecular weight excluding hydrogens is 339 g/mol. The molecule has 0 bridgehead atoms. The van der Waals surface area contributed by atoms with Gasteiger partial charge in [-0.15, -0.1) is 0 Å². The molecule has 116 valence electrons. The van der Waals surface area contributed by atoms with E-state index in [2.05, 4.69) is 5.32 Å². The third-order valence-electron chi connectivity index (χ3n) is 3.09. The minimum absolute atomic E-state index is 0.586. The van der Waals surface area contributed by atoms with E-state index in [1.807, 2.05) is 48.3 Å². The van der Waals surface area contributed by atoms with Crippen molar-refractivity contribution < 1.29 is 4.74 Å². The van der Waals surface area contributed by atoms with Gasteiger partial charge in [0.15, 0.2) is 5.11 Å². The van der Waals surface area contributed by atoms with Crippen molar-refractivity contribution in [2.24, 2.45) is 0 Å². The number of anilines is 1. The van der Waals surface area contributed by atoms with Crippen molar-refractivity contribution >= 4 is 46.2 Å². The van der Waals surface area contributed by atoms with Crippen molar-refractivity contribution in [3.63, 3.8) is 0 Å². The second-order valence-corrected chi connectivity index (χ2v) is 6.01. The largest absolute Gasteiger partial charge is 0.496 e. The highest BCUT2D eigenvalue weighted by molar-refractivity contribution is 7.80. The van der Waals surface area contributed by atoms with Crippen molar-refractivity contribution in [1.29, 1.82) is 0 Å². The van der Waals surface area contributed by atoms with Gasteiger partial charge in [0.05, 0.1) is 7.11 Å². The molecule has 0 heterocycles. The summed E-state index contributed by atoms with van der Waals surface area (Å²) in [6.45, 7) is 0.586. The maximum atomic E-state index is 6.05. The van der Waals surface area contributed by atoms with Crippen molar-refractivity contribution in [3.8, 4) is 5.75 Å². The highest BCUT2D eigenvalue weighted by atomic mass is 35.5. The number of methoxy groups -OCH3 is 1. The number of nitrogens with one attached hydrogen (secondary N) is 1. The summed E-state index contributed by atoms with van der Waals surface area (Å²) in [6.07, 6.45) is 0. The SMILES string of the molecule is COc1ccc(Cl)cc1CN(C)C(=S)Nc1ccc(Cl)cc1. The number of benzene rings is 2. The van der Waals surface area contributed by atoms with E-state index in [1.165, 1.54) is 0 Å². The Morgan fingerprint density at radius 2 is 1.77 bits per heavy atom. The first-order valence-electron chi connectivity index (χ1n) is 6.59. The number of nitrogens with zero attached hydrogens (tertiary/aromatic N) is 1. The van der Waals surface area contributed by atoms with Crippen LogP contribution in [0.1, 0.15) is 5.56 Å². The lowest BCUT2D eigenvalue weighted by Gasteiger charge is -2.22. The van der Waals surface area contributed by atoms with Gasteiger partial charge in [-0.05, 0) is 54.7 Å². The number of halogens is 2. The summed E-state index contributed by atoms with van der Waals surface area (Å²) < 4.78 is 5.35. The van der Waals surface area contributed by atoms with Gasteiger partial charge < -0.3 is 15.0 Å². The molecule has 2 aromatic carbocycles. The van der Waals surface area contributed by atoms with Gasteiger partial charge in [0.2, 0.25) is 0 Å². The van der Waals surface area contributed by atoms with Gasteiger partial charge in [-0.2, -0.15) is 0 Å².